The average molecular weight is 531 g/mol. The highest BCUT2D eigenvalue weighted by molar-refractivity contribution is 6.30. The minimum Gasteiger partial charge on any atom is -0.361 e. The van der Waals surface area contributed by atoms with E-state index in [9.17, 15) is 13.6 Å². The molecule has 0 aliphatic rings. The van der Waals surface area contributed by atoms with E-state index in [0.29, 0.717) is 22.8 Å². The van der Waals surface area contributed by atoms with Crippen molar-refractivity contribution in [3.8, 4) is 11.1 Å². The van der Waals surface area contributed by atoms with E-state index in [4.69, 9.17) is 17.3 Å². The third-order valence-corrected chi connectivity index (χ3v) is 6.69. The second kappa shape index (κ2) is 11.1. The maximum absolute atomic E-state index is 14.0. The number of nitrogens with zero attached hydrogens (tertiary/aromatic N) is 1. The van der Waals surface area contributed by atoms with Crippen molar-refractivity contribution in [2.75, 3.05) is 0 Å². The lowest BCUT2D eigenvalue weighted by Gasteiger charge is -2.22. The van der Waals surface area contributed by atoms with Crippen molar-refractivity contribution in [3.63, 3.8) is 0 Å². The van der Waals surface area contributed by atoms with Gasteiger partial charge in [0.25, 0.3) is 0 Å². The molecule has 1 amide bonds. The maximum Gasteiger partial charge on any atom is 0.225 e. The maximum atomic E-state index is 14.0. The molecule has 5 aromatic rings. The highest BCUT2D eigenvalue weighted by atomic mass is 35.5. The van der Waals surface area contributed by atoms with Crippen molar-refractivity contribution < 1.29 is 13.6 Å². The smallest absolute Gasteiger partial charge is 0.225 e. The Kier molecular flexibility index (Phi) is 7.49. The Morgan fingerprint density at radius 2 is 1.76 bits per heavy atom. The van der Waals surface area contributed by atoms with Crippen LogP contribution in [0.25, 0.3) is 22.0 Å². The summed E-state index contributed by atoms with van der Waals surface area (Å²) in [5.74, 6) is -1.62. The van der Waals surface area contributed by atoms with Crippen LogP contribution in [0, 0.1) is 11.6 Å². The zero-order valence-corrected chi connectivity index (χ0v) is 21.1. The lowest BCUT2D eigenvalue weighted by molar-refractivity contribution is -0.121. The number of carbonyl (C=O) groups excluding carboxylic acids is 1. The summed E-state index contributed by atoms with van der Waals surface area (Å²) in [5.41, 5.74) is 11.1. The van der Waals surface area contributed by atoms with Gasteiger partial charge in [-0.25, -0.2) is 8.78 Å². The van der Waals surface area contributed by atoms with Gasteiger partial charge in [0.05, 0.1) is 18.2 Å². The first-order valence-electron chi connectivity index (χ1n) is 12.1. The van der Waals surface area contributed by atoms with Gasteiger partial charge in [-0.15, -0.1) is 0 Å². The van der Waals surface area contributed by atoms with Crippen LogP contribution in [0.5, 0.6) is 0 Å². The quantitative estimate of drug-likeness (QED) is 0.221. The van der Waals surface area contributed by atoms with Gasteiger partial charge in [0.1, 0.15) is 11.6 Å². The lowest BCUT2D eigenvalue weighted by Crippen LogP contribution is -2.32. The molecule has 2 aromatic heterocycles. The zero-order chi connectivity index (χ0) is 26.6. The highest BCUT2D eigenvalue weighted by Crippen LogP contribution is 2.30. The van der Waals surface area contributed by atoms with Gasteiger partial charge in [0.15, 0.2) is 0 Å². The van der Waals surface area contributed by atoms with E-state index >= 15 is 0 Å². The molecule has 4 N–H and O–H groups in total. The molecule has 0 fully saturated rings. The first kappa shape index (κ1) is 25.6. The van der Waals surface area contributed by atoms with Crippen molar-refractivity contribution in [3.05, 3.63) is 124 Å². The summed E-state index contributed by atoms with van der Waals surface area (Å²) in [5, 5.41) is 4.58. The molecule has 0 radical (unpaired) electrons. The summed E-state index contributed by atoms with van der Waals surface area (Å²) in [7, 11) is 0. The van der Waals surface area contributed by atoms with E-state index in [0.717, 1.165) is 39.2 Å². The summed E-state index contributed by atoms with van der Waals surface area (Å²) in [4.78, 5) is 21.1. The van der Waals surface area contributed by atoms with Crippen LogP contribution in [0.3, 0.4) is 0 Å². The molecule has 38 heavy (non-hydrogen) atoms. The Balaban J connectivity index is 1.49. The molecule has 0 saturated carbocycles. The van der Waals surface area contributed by atoms with E-state index in [1.165, 1.54) is 12.1 Å². The highest BCUT2D eigenvalue weighted by Gasteiger charge is 2.22. The lowest BCUT2D eigenvalue weighted by atomic mass is 9.95. The molecule has 5 nitrogen and oxygen atoms in total. The fourth-order valence-electron chi connectivity index (χ4n) is 4.67. The topological polar surface area (TPSA) is 83.8 Å². The number of halogens is 3. The fourth-order valence-corrected chi connectivity index (χ4v) is 4.79. The van der Waals surface area contributed by atoms with Crippen molar-refractivity contribution in [1.29, 1.82) is 0 Å². The van der Waals surface area contributed by atoms with E-state index in [2.05, 4.69) is 15.3 Å². The number of hydrogen-bond acceptors (Lipinski definition) is 3. The Labute approximate surface area is 223 Å². The standard InChI is InChI=1S/C30H25ClF2N4O/c31-22-6-4-20(5-7-22)25-2-1-9-35-30(25)28(13-19-10-23(32)15-24(33)11-19)37-29(38)14-21-17-36-27-8-3-18(16-34)12-26(21)27/h1-12,15,17,28,36H,13-14,16,34H2,(H,37,38). The first-order valence-corrected chi connectivity index (χ1v) is 12.5. The molecule has 2 heterocycles. The van der Waals surface area contributed by atoms with Crippen LogP contribution in [0.4, 0.5) is 8.78 Å². The van der Waals surface area contributed by atoms with E-state index in [1.54, 1.807) is 30.6 Å². The SMILES string of the molecule is NCc1ccc2[nH]cc(CC(=O)NC(Cc3cc(F)cc(F)c3)c3ncccc3-c3ccc(Cl)cc3)c2c1. The third kappa shape index (κ3) is 5.74. The van der Waals surface area contributed by atoms with Crippen LogP contribution in [-0.2, 0) is 24.2 Å². The van der Waals surface area contributed by atoms with Gasteiger partial charge in [0, 0.05) is 46.5 Å². The Morgan fingerprint density at radius 1 is 1.00 bits per heavy atom. The Bertz CT molecular complexity index is 1580. The summed E-state index contributed by atoms with van der Waals surface area (Å²) in [6, 6.07) is 19.5. The second-order valence-corrected chi connectivity index (χ2v) is 9.56. The minimum atomic E-state index is -0.682. The third-order valence-electron chi connectivity index (χ3n) is 6.44. The molecule has 0 aliphatic heterocycles. The Morgan fingerprint density at radius 3 is 2.50 bits per heavy atom. The van der Waals surface area contributed by atoms with Crippen LogP contribution in [-0.4, -0.2) is 15.9 Å². The molecule has 3 aromatic carbocycles. The van der Waals surface area contributed by atoms with Crippen LogP contribution in [0.2, 0.25) is 5.02 Å². The molecular weight excluding hydrogens is 506 g/mol. The number of nitrogens with one attached hydrogen (secondary N) is 2. The molecular formula is C30H25ClF2N4O. The normalized spacial score (nSPS) is 12.0. The van der Waals surface area contributed by atoms with E-state index in [1.807, 2.05) is 36.4 Å². The van der Waals surface area contributed by atoms with Gasteiger partial charge in [-0.3, -0.25) is 9.78 Å². The van der Waals surface area contributed by atoms with Crippen molar-refractivity contribution in [1.82, 2.24) is 15.3 Å². The number of pyridine rings is 1. The van der Waals surface area contributed by atoms with E-state index in [-0.39, 0.29) is 18.7 Å². The summed E-state index contributed by atoms with van der Waals surface area (Å²) in [6.45, 7) is 0.395. The van der Waals surface area contributed by atoms with Gasteiger partial charge >= 0.3 is 0 Å². The second-order valence-electron chi connectivity index (χ2n) is 9.12. The molecule has 0 aliphatic carbocycles. The molecule has 5 rings (SSSR count). The number of H-pyrrole nitrogens is 1. The number of aromatic nitrogens is 2. The van der Waals surface area contributed by atoms with E-state index < -0.39 is 17.7 Å². The molecule has 1 unspecified atom stereocenters. The number of amides is 1. The predicted octanol–water partition coefficient (Wildman–Crippen LogP) is 6.26. The molecule has 0 spiro atoms. The molecule has 0 bridgehead atoms. The number of benzene rings is 3. The zero-order valence-electron chi connectivity index (χ0n) is 20.3. The monoisotopic (exact) mass is 530 g/mol. The first-order chi connectivity index (χ1) is 18.4. The number of carbonyl (C=O) groups is 1. The summed E-state index contributed by atoms with van der Waals surface area (Å²) < 4.78 is 28.0. The number of nitrogens with two attached hydrogens (primary N) is 1. The van der Waals surface area contributed by atoms with Crippen molar-refractivity contribution in [2.45, 2.75) is 25.4 Å². The predicted molar refractivity (Wildman–Crippen MR) is 146 cm³/mol. The van der Waals surface area contributed by atoms with Crippen LogP contribution >= 0.6 is 11.6 Å². The van der Waals surface area contributed by atoms with Gasteiger partial charge in [-0.1, -0.05) is 35.9 Å². The van der Waals surface area contributed by atoms with Gasteiger partial charge in [0.2, 0.25) is 5.91 Å². The van der Waals surface area contributed by atoms with Crippen molar-refractivity contribution in [2.24, 2.45) is 5.73 Å². The molecule has 8 heteroatoms. The molecule has 0 saturated heterocycles. The molecule has 1 atom stereocenters. The van der Waals surface area contributed by atoms with Gasteiger partial charge < -0.3 is 16.0 Å². The fraction of sp³-hybridized carbons (Fsp3) is 0.133. The number of rotatable bonds is 8. The summed E-state index contributed by atoms with van der Waals surface area (Å²) >= 11 is 6.08. The Hall–Kier alpha value is -4.07. The number of aromatic amines is 1. The van der Waals surface area contributed by atoms with Crippen LogP contribution < -0.4 is 11.1 Å². The van der Waals surface area contributed by atoms with Gasteiger partial charge in [-0.2, -0.15) is 0 Å². The summed E-state index contributed by atoms with van der Waals surface area (Å²) in [6.07, 6.45) is 3.68. The van der Waals surface area contributed by atoms with Crippen LogP contribution in [0.1, 0.15) is 28.4 Å². The number of fused-ring (bicyclic) bond motifs is 1. The number of hydrogen-bond donors (Lipinski definition) is 3. The van der Waals surface area contributed by atoms with Crippen LogP contribution in [0.15, 0.2) is 85.2 Å². The van der Waals surface area contributed by atoms with Gasteiger partial charge in [-0.05, 0) is 71.1 Å². The minimum absolute atomic E-state index is 0.102. The van der Waals surface area contributed by atoms with Crippen molar-refractivity contribution >= 4 is 28.4 Å². The molecule has 192 valence electrons. The largest absolute Gasteiger partial charge is 0.361 e. The average Bonchev–Trinajstić information content (AvgIpc) is 3.29.